The number of para-hydroxylation sites is 1. The van der Waals surface area contributed by atoms with E-state index >= 15 is 0 Å². The second-order valence-electron chi connectivity index (χ2n) is 10.2. The highest BCUT2D eigenvalue weighted by Crippen LogP contribution is 2.30. The van der Waals surface area contributed by atoms with Crippen LogP contribution in [0.15, 0.2) is 72.8 Å². The van der Waals surface area contributed by atoms with Gasteiger partial charge in [0.1, 0.15) is 11.6 Å². The molecular weight excluding hydrogens is 483 g/mol. The second-order valence-corrected chi connectivity index (χ2v) is 10.2. The lowest BCUT2D eigenvalue weighted by molar-refractivity contribution is -0.0843. The van der Waals surface area contributed by atoms with E-state index in [1.807, 2.05) is 41.1 Å². The molecule has 2 fully saturated rings. The summed E-state index contributed by atoms with van der Waals surface area (Å²) in [6.45, 7) is 2.63. The number of hydrogen-bond donors (Lipinski definition) is 1. The maximum Gasteiger partial charge on any atom is 0.272 e. The zero-order valence-electron chi connectivity index (χ0n) is 21.3. The van der Waals surface area contributed by atoms with E-state index < -0.39 is 0 Å². The van der Waals surface area contributed by atoms with Gasteiger partial charge in [0, 0.05) is 30.1 Å². The van der Waals surface area contributed by atoms with E-state index in [1.54, 1.807) is 19.2 Å². The summed E-state index contributed by atoms with van der Waals surface area (Å²) in [4.78, 5) is 16.0. The maximum absolute atomic E-state index is 13.5. The van der Waals surface area contributed by atoms with Crippen LogP contribution in [0.4, 0.5) is 4.39 Å². The fourth-order valence-electron chi connectivity index (χ4n) is 5.74. The molecule has 4 aromatic rings. The Balaban J connectivity index is 1.17. The van der Waals surface area contributed by atoms with Crippen molar-refractivity contribution in [3.05, 3.63) is 95.4 Å². The SMILES string of the molecule is COc1ccc(CN2[C@@H]3COC[C@H]2CC(NC(=O)c2nn(Cc4ccc(F)cc4)c4ccccc24)C3)cc1. The highest BCUT2D eigenvalue weighted by molar-refractivity contribution is 6.05. The first kappa shape index (κ1) is 24.6. The monoisotopic (exact) mass is 514 g/mol. The minimum atomic E-state index is -0.274. The lowest BCUT2D eigenvalue weighted by Crippen LogP contribution is -2.60. The molecule has 3 atom stereocenters. The van der Waals surface area contributed by atoms with E-state index in [9.17, 15) is 9.18 Å². The van der Waals surface area contributed by atoms with Gasteiger partial charge in [0.05, 0.1) is 32.4 Å². The number of ether oxygens (including phenoxy) is 2. The van der Waals surface area contributed by atoms with E-state index in [0.29, 0.717) is 25.5 Å². The van der Waals surface area contributed by atoms with Crippen LogP contribution in [0.5, 0.6) is 5.75 Å². The summed E-state index contributed by atoms with van der Waals surface area (Å²) < 4.78 is 26.4. The number of rotatable bonds is 7. The van der Waals surface area contributed by atoms with Crippen LogP contribution in [-0.2, 0) is 17.8 Å². The first-order valence-corrected chi connectivity index (χ1v) is 13.0. The fourth-order valence-corrected chi connectivity index (χ4v) is 5.74. The van der Waals surface area contributed by atoms with Crippen LogP contribution >= 0.6 is 0 Å². The molecule has 2 bridgehead atoms. The Kier molecular flexibility index (Phi) is 6.82. The average molecular weight is 515 g/mol. The third-order valence-corrected chi connectivity index (χ3v) is 7.65. The van der Waals surface area contributed by atoms with Gasteiger partial charge in [0.25, 0.3) is 5.91 Å². The molecule has 0 spiro atoms. The second kappa shape index (κ2) is 10.6. The molecule has 2 aliphatic rings. The summed E-state index contributed by atoms with van der Waals surface area (Å²) >= 11 is 0. The number of hydrogen-bond acceptors (Lipinski definition) is 5. The van der Waals surface area contributed by atoms with Crippen molar-refractivity contribution < 1.29 is 18.7 Å². The van der Waals surface area contributed by atoms with Crippen molar-refractivity contribution in [2.45, 2.75) is 44.1 Å². The van der Waals surface area contributed by atoms with Gasteiger partial charge in [-0.3, -0.25) is 14.4 Å². The molecule has 1 aromatic heterocycles. The number of halogens is 1. The smallest absolute Gasteiger partial charge is 0.272 e. The molecule has 7 nitrogen and oxygen atoms in total. The van der Waals surface area contributed by atoms with E-state index in [-0.39, 0.29) is 29.8 Å². The number of methoxy groups -OCH3 is 1. The number of carbonyl (C=O) groups is 1. The van der Waals surface area contributed by atoms with Crippen LogP contribution < -0.4 is 10.1 Å². The minimum absolute atomic E-state index is 0.0505. The quantitative estimate of drug-likeness (QED) is 0.396. The Labute approximate surface area is 221 Å². The number of nitrogens with one attached hydrogen (secondary N) is 1. The van der Waals surface area contributed by atoms with Gasteiger partial charge in [-0.15, -0.1) is 0 Å². The van der Waals surface area contributed by atoms with Gasteiger partial charge in [-0.1, -0.05) is 42.5 Å². The third-order valence-electron chi connectivity index (χ3n) is 7.65. The van der Waals surface area contributed by atoms with Gasteiger partial charge in [-0.05, 0) is 54.3 Å². The lowest BCUT2D eigenvalue weighted by Gasteiger charge is -2.48. The van der Waals surface area contributed by atoms with Gasteiger partial charge in [-0.2, -0.15) is 5.10 Å². The van der Waals surface area contributed by atoms with Gasteiger partial charge < -0.3 is 14.8 Å². The van der Waals surface area contributed by atoms with Gasteiger partial charge >= 0.3 is 0 Å². The Morgan fingerprint density at radius 1 is 0.974 bits per heavy atom. The zero-order valence-corrected chi connectivity index (χ0v) is 21.3. The van der Waals surface area contributed by atoms with Gasteiger partial charge in [0.2, 0.25) is 0 Å². The van der Waals surface area contributed by atoms with Crippen molar-refractivity contribution in [2.24, 2.45) is 0 Å². The standard InChI is InChI=1S/C30H31FN4O3/c1-37-26-12-8-20(9-13-26)16-34-24-14-23(15-25(34)19-38-18-24)32-30(36)29-27-4-2-3-5-28(27)35(33-29)17-21-6-10-22(31)11-7-21/h2-13,23-25H,14-19H2,1H3,(H,32,36)/t23?,24-,25+. The molecule has 3 heterocycles. The summed E-state index contributed by atoms with van der Waals surface area (Å²) in [5.74, 6) is 0.419. The lowest BCUT2D eigenvalue weighted by atomic mass is 9.89. The molecule has 1 unspecified atom stereocenters. The summed E-state index contributed by atoms with van der Waals surface area (Å²) in [5, 5.41) is 8.78. The van der Waals surface area contributed by atoms with Crippen molar-refractivity contribution >= 4 is 16.8 Å². The summed E-state index contributed by atoms with van der Waals surface area (Å²) in [6, 6.07) is 22.8. The molecule has 2 saturated heterocycles. The molecule has 0 aliphatic carbocycles. The number of benzene rings is 3. The van der Waals surface area contributed by atoms with Crippen LogP contribution in [0.3, 0.4) is 0 Å². The maximum atomic E-state index is 13.5. The average Bonchev–Trinajstić information content (AvgIpc) is 3.29. The van der Waals surface area contributed by atoms with Gasteiger partial charge in [0.15, 0.2) is 5.69 Å². The van der Waals surface area contributed by atoms with Crippen LogP contribution in [0.2, 0.25) is 0 Å². The molecule has 196 valence electrons. The molecule has 1 amide bonds. The van der Waals surface area contributed by atoms with Crippen LogP contribution in [0.25, 0.3) is 10.9 Å². The van der Waals surface area contributed by atoms with Gasteiger partial charge in [-0.25, -0.2) is 4.39 Å². The Morgan fingerprint density at radius 2 is 1.63 bits per heavy atom. The number of fused-ring (bicyclic) bond motifs is 3. The van der Waals surface area contributed by atoms with Crippen molar-refractivity contribution in [3.63, 3.8) is 0 Å². The number of carbonyl (C=O) groups excluding carboxylic acids is 1. The van der Waals surface area contributed by atoms with Crippen molar-refractivity contribution in [1.82, 2.24) is 20.0 Å². The topological polar surface area (TPSA) is 68.6 Å². The molecule has 6 rings (SSSR count). The Hall–Kier alpha value is -3.75. The third kappa shape index (κ3) is 5.01. The predicted octanol–water partition coefficient (Wildman–Crippen LogP) is 4.39. The molecule has 1 N–H and O–H groups in total. The molecule has 3 aromatic carbocycles. The van der Waals surface area contributed by atoms with E-state index in [4.69, 9.17) is 14.6 Å². The molecule has 2 aliphatic heterocycles. The minimum Gasteiger partial charge on any atom is -0.497 e. The van der Waals surface area contributed by atoms with E-state index in [0.717, 1.165) is 41.6 Å². The first-order chi connectivity index (χ1) is 18.6. The molecule has 38 heavy (non-hydrogen) atoms. The molecular formula is C30H31FN4O3. The number of nitrogens with zero attached hydrogens (tertiary/aromatic N) is 3. The number of aromatic nitrogens is 2. The Morgan fingerprint density at radius 3 is 2.34 bits per heavy atom. The molecule has 0 radical (unpaired) electrons. The van der Waals surface area contributed by atoms with Crippen molar-refractivity contribution in [3.8, 4) is 5.75 Å². The summed E-state index contributed by atoms with van der Waals surface area (Å²) in [7, 11) is 1.68. The highest BCUT2D eigenvalue weighted by Gasteiger charge is 2.39. The molecule has 0 saturated carbocycles. The zero-order chi connectivity index (χ0) is 26.1. The summed E-state index contributed by atoms with van der Waals surface area (Å²) in [6.07, 6.45) is 1.65. The van der Waals surface area contributed by atoms with Crippen LogP contribution in [0, 0.1) is 5.82 Å². The Bertz CT molecular complexity index is 1410. The van der Waals surface area contributed by atoms with Crippen molar-refractivity contribution in [1.29, 1.82) is 0 Å². The largest absolute Gasteiger partial charge is 0.497 e. The molecule has 8 heteroatoms. The number of amides is 1. The first-order valence-electron chi connectivity index (χ1n) is 13.0. The highest BCUT2D eigenvalue weighted by atomic mass is 19.1. The van der Waals surface area contributed by atoms with E-state index in [1.165, 1.54) is 17.7 Å². The summed E-state index contributed by atoms with van der Waals surface area (Å²) in [5.41, 5.74) is 3.46. The predicted molar refractivity (Wildman–Crippen MR) is 143 cm³/mol. The number of piperidine rings is 1. The van der Waals surface area contributed by atoms with Crippen LogP contribution in [0.1, 0.15) is 34.5 Å². The van der Waals surface area contributed by atoms with E-state index in [2.05, 4.69) is 22.3 Å². The van der Waals surface area contributed by atoms with Crippen LogP contribution in [-0.4, -0.2) is 59.0 Å². The van der Waals surface area contributed by atoms with Crippen molar-refractivity contribution in [2.75, 3.05) is 20.3 Å². The fraction of sp³-hybridized carbons (Fsp3) is 0.333. The number of morpholine rings is 1. The normalized spacial score (nSPS) is 21.4.